The highest BCUT2D eigenvalue weighted by Crippen LogP contribution is 2.20. The van der Waals surface area contributed by atoms with Crippen LogP contribution in [0.4, 0.5) is 0 Å². The molecule has 96 valence electrons. The molecule has 0 aliphatic carbocycles. The van der Waals surface area contributed by atoms with Crippen LogP contribution in [-0.2, 0) is 6.54 Å². The van der Waals surface area contributed by atoms with Crippen LogP contribution in [0.5, 0.6) is 0 Å². The zero-order valence-electron chi connectivity index (χ0n) is 11.0. The summed E-state index contributed by atoms with van der Waals surface area (Å²) in [4.78, 5) is 4.20. The normalized spacial score (nSPS) is 12.6. The Morgan fingerprint density at radius 3 is 2.78 bits per heavy atom. The molecule has 0 bridgehead atoms. The van der Waals surface area contributed by atoms with Gasteiger partial charge in [-0.05, 0) is 31.5 Å². The second-order valence-corrected chi connectivity index (χ2v) is 4.30. The summed E-state index contributed by atoms with van der Waals surface area (Å²) in [7, 11) is 0. The minimum atomic E-state index is 0.180. The summed E-state index contributed by atoms with van der Waals surface area (Å²) in [6.07, 6.45) is 8.86. The highest BCUT2D eigenvalue weighted by atomic mass is 15.3. The minimum Gasteiger partial charge on any atom is -0.306 e. The molecule has 0 saturated carbocycles. The van der Waals surface area contributed by atoms with Gasteiger partial charge in [0, 0.05) is 30.7 Å². The molecule has 2 aromatic rings. The highest BCUT2D eigenvalue weighted by molar-refractivity contribution is 5.26. The molecule has 2 aromatic heterocycles. The van der Waals surface area contributed by atoms with E-state index in [0.717, 1.165) is 19.5 Å². The Morgan fingerprint density at radius 1 is 1.28 bits per heavy atom. The van der Waals surface area contributed by atoms with Crippen LogP contribution in [0.3, 0.4) is 0 Å². The van der Waals surface area contributed by atoms with Crippen LogP contribution in [0.25, 0.3) is 0 Å². The molecule has 4 nitrogen and oxygen atoms in total. The van der Waals surface area contributed by atoms with E-state index in [1.165, 1.54) is 11.1 Å². The van der Waals surface area contributed by atoms with Crippen molar-refractivity contribution in [1.29, 1.82) is 0 Å². The Kier molecular flexibility index (Phi) is 4.47. The Balaban J connectivity index is 2.24. The van der Waals surface area contributed by atoms with Crippen LogP contribution < -0.4 is 5.32 Å². The molecule has 4 heteroatoms. The van der Waals surface area contributed by atoms with E-state index in [9.17, 15) is 0 Å². The van der Waals surface area contributed by atoms with Gasteiger partial charge in [0.25, 0.3) is 0 Å². The quantitative estimate of drug-likeness (QED) is 0.848. The molecule has 18 heavy (non-hydrogen) atoms. The molecule has 0 radical (unpaired) electrons. The van der Waals surface area contributed by atoms with E-state index in [1.807, 2.05) is 23.1 Å². The lowest BCUT2D eigenvalue weighted by Crippen LogP contribution is -2.23. The van der Waals surface area contributed by atoms with Crippen LogP contribution in [0.1, 0.15) is 37.4 Å². The number of nitrogens with zero attached hydrogens (tertiary/aromatic N) is 3. The van der Waals surface area contributed by atoms with Gasteiger partial charge in [-0.15, -0.1) is 0 Å². The number of hydrogen-bond donors (Lipinski definition) is 1. The molecule has 0 aromatic carbocycles. The van der Waals surface area contributed by atoms with Crippen molar-refractivity contribution in [3.63, 3.8) is 0 Å². The Bertz CT molecular complexity index is 464. The number of aryl methyl sites for hydroxylation is 1. The van der Waals surface area contributed by atoms with Crippen LogP contribution >= 0.6 is 0 Å². The summed E-state index contributed by atoms with van der Waals surface area (Å²) in [6.45, 7) is 6.14. The van der Waals surface area contributed by atoms with Crippen LogP contribution in [-0.4, -0.2) is 21.3 Å². The third-order valence-corrected chi connectivity index (χ3v) is 2.93. The number of hydrogen-bond acceptors (Lipinski definition) is 3. The molecule has 0 amide bonds. The van der Waals surface area contributed by atoms with E-state index < -0.39 is 0 Å². The van der Waals surface area contributed by atoms with Gasteiger partial charge in [0.15, 0.2) is 0 Å². The van der Waals surface area contributed by atoms with Crippen molar-refractivity contribution in [3.8, 4) is 0 Å². The second kappa shape index (κ2) is 6.31. The van der Waals surface area contributed by atoms with Gasteiger partial charge < -0.3 is 5.32 Å². The summed E-state index contributed by atoms with van der Waals surface area (Å²) in [6, 6.07) is 4.25. The first-order chi connectivity index (χ1) is 8.85. The van der Waals surface area contributed by atoms with Gasteiger partial charge in [0.1, 0.15) is 0 Å². The lowest BCUT2D eigenvalue weighted by molar-refractivity contribution is 0.595. The van der Waals surface area contributed by atoms with E-state index in [4.69, 9.17) is 0 Å². The highest BCUT2D eigenvalue weighted by Gasteiger charge is 2.14. The van der Waals surface area contributed by atoms with Crippen molar-refractivity contribution in [3.05, 3.63) is 48.0 Å². The van der Waals surface area contributed by atoms with E-state index >= 15 is 0 Å². The third-order valence-electron chi connectivity index (χ3n) is 2.93. The van der Waals surface area contributed by atoms with Gasteiger partial charge in [-0.1, -0.05) is 13.0 Å². The van der Waals surface area contributed by atoms with Gasteiger partial charge in [-0.25, -0.2) is 0 Å². The number of rotatable bonds is 6. The van der Waals surface area contributed by atoms with Gasteiger partial charge >= 0.3 is 0 Å². The standard InChI is InChI=1S/C14H20N4/c1-3-7-16-14(12-6-5-8-15-9-12)13-10-17-18(4-2)11-13/h5-6,8-11,14,16H,3-4,7H2,1-2H3. The second-order valence-electron chi connectivity index (χ2n) is 4.30. The van der Waals surface area contributed by atoms with Crippen LogP contribution in [0, 0.1) is 0 Å². The fourth-order valence-electron chi connectivity index (χ4n) is 1.97. The fraction of sp³-hybridized carbons (Fsp3) is 0.429. The zero-order chi connectivity index (χ0) is 12.8. The van der Waals surface area contributed by atoms with Gasteiger partial charge in [0.2, 0.25) is 0 Å². The lowest BCUT2D eigenvalue weighted by atomic mass is 10.0. The number of pyridine rings is 1. The molecule has 1 unspecified atom stereocenters. The molecule has 0 spiro atoms. The fourth-order valence-corrected chi connectivity index (χ4v) is 1.97. The van der Waals surface area contributed by atoms with Crippen molar-refractivity contribution in [2.75, 3.05) is 6.54 Å². The maximum Gasteiger partial charge on any atom is 0.0623 e. The molecule has 0 aliphatic heterocycles. The van der Waals surface area contributed by atoms with Crippen molar-refractivity contribution in [2.24, 2.45) is 0 Å². The largest absolute Gasteiger partial charge is 0.306 e. The molecule has 0 saturated heterocycles. The Hall–Kier alpha value is -1.68. The molecular formula is C14H20N4. The Morgan fingerprint density at radius 2 is 2.17 bits per heavy atom. The maximum atomic E-state index is 4.35. The molecule has 0 aliphatic rings. The minimum absolute atomic E-state index is 0.180. The summed E-state index contributed by atoms with van der Waals surface area (Å²) in [5.41, 5.74) is 2.37. The smallest absolute Gasteiger partial charge is 0.0623 e. The van der Waals surface area contributed by atoms with Crippen molar-refractivity contribution in [1.82, 2.24) is 20.1 Å². The molecule has 0 fully saturated rings. The first kappa shape index (κ1) is 12.8. The monoisotopic (exact) mass is 244 g/mol. The average molecular weight is 244 g/mol. The van der Waals surface area contributed by atoms with E-state index in [-0.39, 0.29) is 6.04 Å². The number of nitrogens with one attached hydrogen (secondary N) is 1. The van der Waals surface area contributed by atoms with E-state index in [0.29, 0.717) is 0 Å². The van der Waals surface area contributed by atoms with Crippen LogP contribution in [0.15, 0.2) is 36.9 Å². The van der Waals surface area contributed by atoms with Crippen molar-refractivity contribution < 1.29 is 0 Å². The predicted octanol–water partition coefficient (Wildman–Crippen LogP) is 2.39. The van der Waals surface area contributed by atoms with E-state index in [2.05, 4.69) is 41.5 Å². The van der Waals surface area contributed by atoms with Gasteiger partial charge in [-0.2, -0.15) is 5.10 Å². The summed E-state index contributed by atoms with van der Waals surface area (Å²) in [5, 5.41) is 7.89. The SMILES string of the molecule is CCCNC(c1cccnc1)c1cnn(CC)c1. The Labute approximate surface area is 108 Å². The predicted molar refractivity (Wildman–Crippen MR) is 72.3 cm³/mol. The van der Waals surface area contributed by atoms with Gasteiger partial charge in [-0.3, -0.25) is 9.67 Å². The zero-order valence-corrected chi connectivity index (χ0v) is 11.0. The molecule has 1 N–H and O–H groups in total. The average Bonchev–Trinajstić information content (AvgIpc) is 2.89. The number of aromatic nitrogens is 3. The molecule has 2 rings (SSSR count). The first-order valence-corrected chi connectivity index (χ1v) is 6.50. The summed E-state index contributed by atoms with van der Waals surface area (Å²) < 4.78 is 1.95. The van der Waals surface area contributed by atoms with Crippen molar-refractivity contribution >= 4 is 0 Å². The van der Waals surface area contributed by atoms with Gasteiger partial charge in [0.05, 0.1) is 12.2 Å². The summed E-state index contributed by atoms with van der Waals surface area (Å²) >= 11 is 0. The first-order valence-electron chi connectivity index (χ1n) is 6.50. The topological polar surface area (TPSA) is 42.7 Å². The third kappa shape index (κ3) is 2.96. The maximum absolute atomic E-state index is 4.35. The molecule has 2 heterocycles. The summed E-state index contributed by atoms with van der Waals surface area (Å²) in [5.74, 6) is 0. The lowest BCUT2D eigenvalue weighted by Gasteiger charge is -2.17. The molecule has 1 atom stereocenters. The van der Waals surface area contributed by atoms with Crippen molar-refractivity contribution in [2.45, 2.75) is 32.9 Å². The van der Waals surface area contributed by atoms with E-state index in [1.54, 1.807) is 6.20 Å². The van der Waals surface area contributed by atoms with Crippen LogP contribution in [0.2, 0.25) is 0 Å². The molecular weight excluding hydrogens is 224 g/mol.